The summed E-state index contributed by atoms with van der Waals surface area (Å²) in [7, 11) is 0. The van der Waals surface area contributed by atoms with Crippen molar-refractivity contribution in [1.82, 2.24) is 9.97 Å². The number of aromatic amines is 1. The van der Waals surface area contributed by atoms with E-state index in [0.29, 0.717) is 10.6 Å². The third-order valence-corrected chi connectivity index (χ3v) is 5.36. The fraction of sp³-hybridized carbons (Fsp3) is 0.375. The largest absolute Gasteiger partial charge is 0.342 e. The molecular formula is C16H17BrN2S. The molecule has 1 heterocycles. The van der Waals surface area contributed by atoms with Gasteiger partial charge in [-0.25, -0.2) is 4.98 Å². The van der Waals surface area contributed by atoms with Crippen LogP contribution in [0, 0.1) is 10.6 Å². The zero-order valence-corrected chi connectivity index (χ0v) is 13.8. The molecule has 0 spiro atoms. The lowest BCUT2D eigenvalue weighted by Crippen LogP contribution is -2.04. The Morgan fingerprint density at radius 3 is 2.65 bits per heavy atom. The Bertz CT molecular complexity index is 666. The molecule has 4 heteroatoms. The summed E-state index contributed by atoms with van der Waals surface area (Å²) in [5.74, 6) is 2.34. The van der Waals surface area contributed by atoms with Crippen LogP contribution in [0.4, 0.5) is 0 Å². The molecule has 1 saturated carbocycles. The molecule has 1 N–H and O–H groups in total. The van der Waals surface area contributed by atoms with Gasteiger partial charge in [0.1, 0.15) is 10.5 Å². The minimum absolute atomic E-state index is 0.516. The summed E-state index contributed by atoms with van der Waals surface area (Å²) >= 11 is 8.99. The van der Waals surface area contributed by atoms with Crippen LogP contribution in [0.15, 0.2) is 34.8 Å². The minimum atomic E-state index is 0.516. The maximum atomic E-state index is 5.42. The highest BCUT2D eigenvalue weighted by molar-refractivity contribution is 9.10. The molecule has 1 aromatic heterocycles. The Morgan fingerprint density at radius 2 is 2.00 bits per heavy atom. The highest BCUT2D eigenvalue weighted by Crippen LogP contribution is 2.38. The first-order valence-electron chi connectivity index (χ1n) is 7.00. The summed E-state index contributed by atoms with van der Waals surface area (Å²) in [4.78, 5) is 8.10. The van der Waals surface area contributed by atoms with Gasteiger partial charge in [-0.05, 0) is 46.7 Å². The van der Waals surface area contributed by atoms with Crippen LogP contribution in [0.2, 0.25) is 0 Å². The lowest BCUT2D eigenvalue weighted by molar-refractivity contribution is 0.585. The Morgan fingerprint density at radius 1 is 1.25 bits per heavy atom. The first-order chi connectivity index (χ1) is 9.65. The molecule has 104 valence electrons. The molecule has 0 bridgehead atoms. The van der Waals surface area contributed by atoms with Gasteiger partial charge in [0, 0.05) is 5.92 Å². The maximum absolute atomic E-state index is 5.42. The van der Waals surface area contributed by atoms with Gasteiger partial charge >= 0.3 is 0 Å². The van der Waals surface area contributed by atoms with Gasteiger partial charge in [-0.2, -0.15) is 0 Å². The Kier molecular flexibility index (Phi) is 4.03. The number of benzene rings is 1. The monoisotopic (exact) mass is 348 g/mol. The molecule has 1 aromatic carbocycles. The summed E-state index contributed by atoms with van der Waals surface area (Å²) < 4.78 is 1.53. The SMILES string of the molecule is CC1CCC(c2nc(=S)c(Br)c(-c3ccccc3)[nH]2)C1. The molecule has 1 fully saturated rings. The Hall–Kier alpha value is -1.00. The second-order valence-corrected chi connectivity index (χ2v) is 6.78. The van der Waals surface area contributed by atoms with E-state index < -0.39 is 0 Å². The zero-order valence-electron chi connectivity index (χ0n) is 11.4. The third kappa shape index (κ3) is 2.72. The van der Waals surface area contributed by atoms with E-state index >= 15 is 0 Å². The molecule has 1 aliphatic carbocycles. The number of aromatic nitrogens is 2. The topological polar surface area (TPSA) is 28.7 Å². The summed E-state index contributed by atoms with van der Waals surface area (Å²) in [6.45, 7) is 2.31. The van der Waals surface area contributed by atoms with Crippen molar-refractivity contribution in [3.8, 4) is 11.3 Å². The predicted molar refractivity (Wildman–Crippen MR) is 88.3 cm³/mol. The van der Waals surface area contributed by atoms with Crippen LogP contribution >= 0.6 is 28.1 Å². The average Bonchev–Trinajstić information content (AvgIpc) is 2.89. The van der Waals surface area contributed by atoms with Crippen molar-refractivity contribution in [3.05, 3.63) is 45.3 Å². The Balaban J connectivity index is 2.07. The molecule has 2 aromatic rings. The molecule has 0 aliphatic heterocycles. The van der Waals surface area contributed by atoms with Gasteiger partial charge < -0.3 is 4.98 Å². The lowest BCUT2D eigenvalue weighted by atomic mass is 10.0. The highest BCUT2D eigenvalue weighted by atomic mass is 79.9. The first kappa shape index (κ1) is 14.0. The van der Waals surface area contributed by atoms with Gasteiger partial charge in [0.15, 0.2) is 0 Å². The summed E-state index contributed by atoms with van der Waals surface area (Å²) in [6, 6.07) is 10.3. The van der Waals surface area contributed by atoms with Crippen molar-refractivity contribution >= 4 is 28.1 Å². The molecule has 2 nitrogen and oxygen atoms in total. The standard InChI is InChI=1S/C16H17BrN2S/c1-10-7-8-12(9-10)15-18-14(13(17)16(20)19-15)11-5-3-2-4-6-11/h2-6,10,12H,7-9H2,1H3,(H,18,19,20). The number of hydrogen-bond acceptors (Lipinski definition) is 2. The lowest BCUT2D eigenvalue weighted by Gasteiger charge is -2.13. The molecule has 20 heavy (non-hydrogen) atoms. The van der Waals surface area contributed by atoms with E-state index in [1.165, 1.54) is 19.3 Å². The first-order valence-corrected chi connectivity index (χ1v) is 8.20. The van der Waals surface area contributed by atoms with Crippen LogP contribution in [-0.2, 0) is 0 Å². The molecular weight excluding hydrogens is 332 g/mol. The zero-order chi connectivity index (χ0) is 14.1. The average molecular weight is 349 g/mol. The molecule has 3 rings (SSSR count). The summed E-state index contributed by atoms with van der Waals surface area (Å²) in [6.07, 6.45) is 3.69. The molecule has 0 saturated heterocycles. The van der Waals surface area contributed by atoms with Crippen LogP contribution in [0.25, 0.3) is 11.3 Å². The molecule has 2 atom stereocenters. The van der Waals surface area contributed by atoms with E-state index in [-0.39, 0.29) is 0 Å². The number of halogens is 1. The second kappa shape index (κ2) is 5.78. The van der Waals surface area contributed by atoms with Crippen LogP contribution < -0.4 is 0 Å². The number of nitrogens with one attached hydrogen (secondary N) is 1. The van der Waals surface area contributed by atoms with Crippen molar-refractivity contribution in [3.63, 3.8) is 0 Å². The normalized spacial score (nSPS) is 22.1. The van der Waals surface area contributed by atoms with E-state index in [1.54, 1.807) is 0 Å². The van der Waals surface area contributed by atoms with Crippen LogP contribution in [0.1, 0.15) is 37.9 Å². The molecule has 0 amide bonds. The highest BCUT2D eigenvalue weighted by Gasteiger charge is 2.25. The maximum Gasteiger partial charge on any atom is 0.144 e. The fourth-order valence-electron chi connectivity index (χ4n) is 2.93. The van der Waals surface area contributed by atoms with Crippen molar-refractivity contribution < 1.29 is 0 Å². The molecule has 0 radical (unpaired) electrons. The summed E-state index contributed by atoms with van der Waals surface area (Å²) in [5, 5.41) is 0. The van der Waals surface area contributed by atoms with Crippen LogP contribution in [-0.4, -0.2) is 9.97 Å². The van der Waals surface area contributed by atoms with Crippen molar-refractivity contribution in [1.29, 1.82) is 0 Å². The molecule has 2 unspecified atom stereocenters. The number of hydrogen-bond donors (Lipinski definition) is 1. The van der Waals surface area contributed by atoms with Gasteiger partial charge in [-0.15, -0.1) is 0 Å². The van der Waals surface area contributed by atoms with Gasteiger partial charge in [-0.3, -0.25) is 0 Å². The van der Waals surface area contributed by atoms with Crippen molar-refractivity contribution in [2.45, 2.75) is 32.1 Å². The van der Waals surface area contributed by atoms with Crippen molar-refractivity contribution in [2.24, 2.45) is 5.92 Å². The van der Waals surface area contributed by atoms with Crippen LogP contribution in [0.5, 0.6) is 0 Å². The van der Waals surface area contributed by atoms with Crippen molar-refractivity contribution in [2.75, 3.05) is 0 Å². The van der Waals surface area contributed by atoms with Gasteiger partial charge in [0.25, 0.3) is 0 Å². The van der Waals surface area contributed by atoms with Gasteiger partial charge in [-0.1, -0.05) is 49.5 Å². The van der Waals surface area contributed by atoms with E-state index in [2.05, 4.69) is 45.0 Å². The van der Waals surface area contributed by atoms with Crippen LogP contribution in [0.3, 0.4) is 0 Å². The van der Waals surface area contributed by atoms with E-state index in [4.69, 9.17) is 12.2 Å². The minimum Gasteiger partial charge on any atom is -0.342 e. The number of rotatable bonds is 2. The smallest absolute Gasteiger partial charge is 0.144 e. The second-order valence-electron chi connectivity index (χ2n) is 5.60. The Labute approximate surface area is 132 Å². The number of nitrogens with zero attached hydrogens (tertiary/aromatic N) is 1. The van der Waals surface area contributed by atoms with E-state index in [9.17, 15) is 0 Å². The quantitative estimate of drug-likeness (QED) is 0.728. The fourth-order valence-corrected chi connectivity index (χ4v) is 3.55. The van der Waals surface area contributed by atoms with Gasteiger partial charge in [0.2, 0.25) is 0 Å². The van der Waals surface area contributed by atoms with E-state index in [1.807, 2.05) is 18.2 Å². The van der Waals surface area contributed by atoms with Gasteiger partial charge in [0.05, 0.1) is 10.2 Å². The third-order valence-electron chi connectivity index (χ3n) is 4.03. The number of H-pyrrole nitrogens is 1. The summed E-state index contributed by atoms with van der Waals surface area (Å²) in [5.41, 5.74) is 2.18. The molecule has 1 aliphatic rings. The predicted octanol–water partition coefficient (Wildman–Crippen LogP) is 5.47. The van der Waals surface area contributed by atoms with E-state index in [0.717, 1.165) is 27.5 Å².